The predicted octanol–water partition coefficient (Wildman–Crippen LogP) is 3.47. The molecule has 0 aromatic heterocycles. The van der Waals surface area contributed by atoms with Gasteiger partial charge in [-0.05, 0) is 76.9 Å². The molecule has 2 N–H and O–H groups in total. The predicted molar refractivity (Wildman–Crippen MR) is 104 cm³/mol. The van der Waals surface area contributed by atoms with Crippen molar-refractivity contribution < 1.29 is 19.7 Å². The summed E-state index contributed by atoms with van der Waals surface area (Å²) >= 11 is 2.18. The van der Waals surface area contributed by atoms with Crippen LogP contribution >= 0.6 is 22.6 Å². The lowest BCUT2D eigenvalue weighted by Gasteiger charge is -2.40. The van der Waals surface area contributed by atoms with Crippen molar-refractivity contribution in [2.24, 2.45) is 0 Å². The van der Waals surface area contributed by atoms with Gasteiger partial charge in [-0.15, -0.1) is 0 Å². The number of fused-ring (bicyclic) bond motifs is 2. The van der Waals surface area contributed by atoms with Crippen LogP contribution < -0.4 is 9.47 Å². The number of benzene rings is 2. The molecule has 1 heterocycles. The first-order valence-electron chi connectivity index (χ1n) is 8.19. The number of rotatable bonds is 2. The average Bonchev–Trinajstić information content (AvgIpc) is 2.61. The Balaban J connectivity index is 2.12. The molecule has 1 unspecified atom stereocenters. The average molecular weight is 453 g/mol. The number of hydrogen-bond acceptors (Lipinski definition) is 5. The minimum atomic E-state index is 0.162. The smallest absolute Gasteiger partial charge is 0.171 e. The van der Waals surface area contributed by atoms with Crippen LogP contribution in [0.25, 0.3) is 11.1 Å². The summed E-state index contributed by atoms with van der Waals surface area (Å²) in [4.78, 5) is 2.34. The van der Waals surface area contributed by atoms with Gasteiger partial charge >= 0.3 is 0 Å². The van der Waals surface area contributed by atoms with Gasteiger partial charge in [-0.2, -0.15) is 0 Å². The van der Waals surface area contributed by atoms with Gasteiger partial charge in [0.2, 0.25) is 0 Å². The molecule has 5 nitrogen and oxygen atoms in total. The molecule has 0 saturated carbocycles. The number of phenols is 2. The highest BCUT2D eigenvalue weighted by atomic mass is 127. The van der Waals surface area contributed by atoms with E-state index in [-0.39, 0.29) is 17.5 Å². The standard InChI is InChI=1S/C19H20INO4/c1-21-5-4-9-6-13(22)19(25-3)16-10-8-14(24-2)18(23)17(20)11(10)7-12(21)15(9)16/h6,8,12,22-23H,4-5,7H2,1-3H3. The van der Waals surface area contributed by atoms with Crippen molar-refractivity contribution in [1.29, 1.82) is 0 Å². The minimum Gasteiger partial charge on any atom is -0.504 e. The van der Waals surface area contributed by atoms with E-state index >= 15 is 0 Å². The maximum Gasteiger partial charge on any atom is 0.171 e. The Morgan fingerprint density at radius 1 is 1.20 bits per heavy atom. The van der Waals surface area contributed by atoms with Crippen molar-refractivity contribution in [3.05, 3.63) is 32.4 Å². The molecule has 132 valence electrons. The zero-order valence-electron chi connectivity index (χ0n) is 14.4. The second-order valence-electron chi connectivity index (χ2n) is 6.59. The Labute approximate surface area is 160 Å². The molecule has 1 aliphatic heterocycles. The molecule has 6 heteroatoms. The van der Waals surface area contributed by atoms with Gasteiger partial charge in [-0.25, -0.2) is 0 Å². The zero-order chi connectivity index (χ0) is 17.9. The monoisotopic (exact) mass is 453 g/mol. The molecule has 0 radical (unpaired) electrons. The van der Waals surface area contributed by atoms with Crippen molar-refractivity contribution in [3.8, 4) is 34.1 Å². The van der Waals surface area contributed by atoms with Gasteiger partial charge < -0.3 is 19.7 Å². The third-order valence-corrected chi connectivity index (χ3v) is 6.54. The maximum absolute atomic E-state index is 10.5. The number of halogens is 1. The van der Waals surface area contributed by atoms with Crippen LogP contribution in [0.15, 0.2) is 12.1 Å². The van der Waals surface area contributed by atoms with E-state index in [1.54, 1.807) is 14.2 Å². The fraction of sp³-hybridized carbons (Fsp3) is 0.368. The van der Waals surface area contributed by atoms with Crippen LogP contribution in [0.2, 0.25) is 0 Å². The molecule has 4 rings (SSSR count). The van der Waals surface area contributed by atoms with Crippen molar-refractivity contribution >= 4 is 22.6 Å². The summed E-state index contributed by atoms with van der Waals surface area (Å²) in [6.45, 7) is 0.941. The number of nitrogens with zero attached hydrogens (tertiary/aromatic N) is 1. The number of aromatic hydroxyl groups is 2. The summed E-state index contributed by atoms with van der Waals surface area (Å²) in [5.41, 5.74) is 5.35. The van der Waals surface area contributed by atoms with Gasteiger partial charge in [-0.1, -0.05) is 0 Å². The molecule has 1 atom stereocenters. The molecule has 2 aromatic rings. The molecule has 0 bridgehead atoms. The summed E-state index contributed by atoms with van der Waals surface area (Å²) in [7, 11) is 5.25. The van der Waals surface area contributed by atoms with E-state index in [1.807, 2.05) is 12.1 Å². The second-order valence-corrected chi connectivity index (χ2v) is 7.67. The molecule has 1 aliphatic carbocycles. The quantitative estimate of drug-likeness (QED) is 0.683. The molecule has 0 spiro atoms. The number of likely N-dealkylation sites (N-methyl/N-ethyl adjacent to an activating group) is 1. The largest absolute Gasteiger partial charge is 0.504 e. The fourth-order valence-corrected chi connectivity index (χ4v) is 4.92. The third-order valence-electron chi connectivity index (χ3n) is 5.38. The fourth-order valence-electron chi connectivity index (χ4n) is 4.14. The Morgan fingerprint density at radius 2 is 1.96 bits per heavy atom. The van der Waals surface area contributed by atoms with Gasteiger partial charge in [0.1, 0.15) is 0 Å². The molecule has 0 fully saturated rings. The second kappa shape index (κ2) is 5.95. The van der Waals surface area contributed by atoms with E-state index < -0.39 is 0 Å². The van der Waals surface area contributed by atoms with Crippen LogP contribution in [0, 0.1) is 3.57 Å². The van der Waals surface area contributed by atoms with Crippen LogP contribution in [0.5, 0.6) is 23.0 Å². The van der Waals surface area contributed by atoms with Crippen molar-refractivity contribution in [2.45, 2.75) is 18.9 Å². The van der Waals surface area contributed by atoms with Crippen LogP contribution in [0.3, 0.4) is 0 Å². The summed E-state index contributed by atoms with van der Waals surface area (Å²) in [6, 6.07) is 3.91. The van der Waals surface area contributed by atoms with Gasteiger partial charge in [0, 0.05) is 18.2 Å². The highest BCUT2D eigenvalue weighted by molar-refractivity contribution is 14.1. The normalized spacial score (nSPS) is 18.5. The van der Waals surface area contributed by atoms with Crippen LogP contribution in [-0.4, -0.2) is 42.9 Å². The Hall–Kier alpha value is -1.67. The zero-order valence-corrected chi connectivity index (χ0v) is 16.5. The minimum absolute atomic E-state index is 0.162. The Kier molecular flexibility index (Phi) is 3.99. The van der Waals surface area contributed by atoms with E-state index in [0.29, 0.717) is 11.5 Å². The van der Waals surface area contributed by atoms with Crippen molar-refractivity contribution in [3.63, 3.8) is 0 Å². The Bertz CT molecular complexity index is 881. The van der Waals surface area contributed by atoms with E-state index in [1.165, 1.54) is 11.1 Å². The maximum atomic E-state index is 10.5. The first kappa shape index (κ1) is 16.8. The Morgan fingerprint density at radius 3 is 2.64 bits per heavy atom. The number of phenolic OH excluding ortho intramolecular Hbond substituents is 2. The van der Waals surface area contributed by atoms with Crippen molar-refractivity contribution in [2.75, 3.05) is 27.8 Å². The van der Waals surface area contributed by atoms with Crippen LogP contribution in [-0.2, 0) is 12.8 Å². The SMILES string of the molecule is COc1cc2c(c(I)c1O)CC1c3c(cc(O)c(OC)c3-2)CCN1C. The first-order chi connectivity index (χ1) is 12.0. The third kappa shape index (κ3) is 2.30. The summed E-state index contributed by atoms with van der Waals surface area (Å²) in [5, 5.41) is 21.0. The first-order valence-corrected chi connectivity index (χ1v) is 9.27. The van der Waals surface area contributed by atoms with Crippen LogP contribution in [0.4, 0.5) is 0 Å². The van der Waals surface area contributed by atoms with Crippen molar-refractivity contribution in [1.82, 2.24) is 4.90 Å². The van der Waals surface area contributed by atoms with Gasteiger partial charge in [0.05, 0.1) is 17.8 Å². The van der Waals surface area contributed by atoms with E-state index in [0.717, 1.165) is 39.6 Å². The molecular formula is C19H20INO4. The van der Waals surface area contributed by atoms with Gasteiger partial charge in [-0.3, -0.25) is 4.90 Å². The highest BCUT2D eigenvalue weighted by Crippen LogP contribution is 2.54. The van der Waals surface area contributed by atoms with E-state index in [4.69, 9.17) is 9.47 Å². The molecule has 2 aliphatic rings. The molecule has 25 heavy (non-hydrogen) atoms. The topological polar surface area (TPSA) is 62.2 Å². The lowest BCUT2D eigenvalue weighted by Crippen LogP contribution is -2.36. The highest BCUT2D eigenvalue weighted by Gasteiger charge is 2.37. The lowest BCUT2D eigenvalue weighted by atomic mass is 9.76. The summed E-state index contributed by atoms with van der Waals surface area (Å²) in [6.07, 6.45) is 1.71. The summed E-state index contributed by atoms with van der Waals surface area (Å²) in [5.74, 6) is 1.26. The van der Waals surface area contributed by atoms with Crippen LogP contribution in [0.1, 0.15) is 22.7 Å². The number of methoxy groups -OCH3 is 2. The molecular weight excluding hydrogens is 433 g/mol. The van der Waals surface area contributed by atoms with E-state index in [9.17, 15) is 10.2 Å². The van der Waals surface area contributed by atoms with Gasteiger partial charge in [0.25, 0.3) is 0 Å². The molecule has 0 amide bonds. The van der Waals surface area contributed by atoms with Gasteiger partial charge in [0.15, 0.2) is 23.0 Å². The number of hydrogen-bond donors (Lipinski definition) is 2. The molecule has 0 saturated heterocycles. The van der Waals surface area contributed by atoms with E-state index in [2.05, 4.69) is 34.5 Å². The lowest BCUT2D eigenvalue weighted by molar-refractivity contribution is 0.226. The summed E-state index contributed by atoms with van der Waals surface area (Å²) < 4.78 is 11.7. The number of ether oxygens (including phenoxy) is 2. The molecule has 2 aromatic carbocycles.